The predicted octanol–water partition coefficient (Wildman–Crippen LogP) is -0.103. The number of hydrogen-bond donors (Lipinski definition) is 0. The van der Waals surface area contributed by atoms with Crippen LogP contribution in [0.1, 0.15) is 13.8 Å². The molecule has 352 valence electrons. The summed E-state index contributed by atoms with van der Waals surface area (Å²) in [6.07, 6.45) is -15.6. The highest BCUT2D eigenvalue weighted by Gasteiger charge is 2.56. The van der Waals surface area contributed by atoms with Gasteiger partial charge in [-0.05, 0) is 13.8 Å². The summed E-state index contributed by atoms with van der Waals surface area (Å²) in [6.45, 7) is 4.17. The molecule has 60 heavy (non-hydrogen) atoms. The molecule has 0 unspecified atom stereocenters. The average molecular weight is 875 g/mol. The van der Waals surface area contributed by atoms with Crippen LogP contribution in [0.5, 0.6) is 0 Å². The van der Waals surface area contributed by atoms with E-state index in [1.807, 2.05) is 13.8 Å². The molecule has 0 radical (unpaired) electrons. The predicted molar refractivity (Wildman–Crippen MR) is 203 cm³/mol. The summed E-state index contributed by atoms with van der Waals surface area (Å²) in [5.74, 6) is 0. The summed E-state index contributed by atoms with van der Waals surface area (Å²) in [7, 11) is 18.7. The Morgan fingerprint density at radius 3 is 1.02 bits per heavy atom. The van der Waals surface area contributed by atoms with E-state index in [1.165, 1.54) is 21.3 Å². The molecule has 5 aliphatic rings. The van der Waals surface area contributed by atoms with Crippen molar-refractivity contribution in [3.8, 4) is 0 Å². The lowest BCUT2D eigenvalue weighted by Gasteiger charge is -2.50. The Labute approximate surface area is 353 Å². The smallest absolute Gasteiger partial charge is 0.187 e. The fraction of sp³-hybridized carbons (Fsp3) is 1.00. The third-order valence-corrected chi connectivity index (χ3v) is 12.1. The van der Waals surface area contributed by atoms with Crippen LogP contribution < -0.4 is 0 Å². The second-order valence-corrected chi connectivity index (χ2v) is 15.1. The summed E-state index contributed by atoms with van der Waals surface area (Å²) < 4.78 is 128. The first-order valence-electron chi connectivity index (χ1n) is 20.2. The molecule has 0 spiro atoms. The van der Waals surface area contributed by atoms with Gasteiger partial charge >= 0.3 is 0 Å². The molecule has 5 aliphatic heterocycles. The maximum atomic E-state index is 6.76. The molecular formula is C39H70O21. The summed E-state index contributed by atoms with van der Waals surface area (Å²) in [5, 5.41) is 0. The lowest BCUT2D eigenvalue weighted by molar-refractivity contribution is -0.392. The van der Waals surface area contributed by atoms with Gasteiger partial charge in [0, 0.05) is 85.3 Å². The normalized spacial score (nSPS) is 46.7. The van der Waals surface area contributed by atoms with E-state index in [2.05, 4.69) is 0 Å². The molecule has 5 fully saturated rings. The topological polar surface area (TPSA) is 194 Å². The van der Waals surface area contributed by atoms with Crippen LogP contribution in [0.25, 0.3) is 0 Å². The van der Waals surface area contributed by atoms with Gasteiger partial charge in [0.1, 0.15) is 91.6 Å². The lowest BCUT2D eigenvalue weighted by Crippen LogP contribution is -2.66. The summed E-state index contributed by atoms with van der Waals surface area (Å²) >= 11 is 0. The average Bonchev–Trinajstić information content (AvgIpc) is 3.26. The molecule has 21 nitrogen and oxygen atoms in total. The van der Waals surface area contributed by atoms with Crippen LogP contribution in [-0.2, 0) is 99.5 Å². The zero-order valence-electron chi connectivity index (χ0n) is 37.4. The molecule has 0 bridgehead atoms. The monoisotopic (exact) mass is 874 g/mol. The maximum absolute atomic E-state index is 6.76. The minimum Gasteiger partial charge on any atom is -0.376 e. The second-order valence-electron chi connectivity index (χ2n) is 15.1. The van der Waals surface area contributed by atoms with Crippen LogP contribution in [0, 0.1) is 0 Å². The van der Waals surface area contributed by atoms with E-state index >= 15 is 0 Å². The van der Waals surface area contributed by atoms with Gasteiger partial charge in [-0.2, -0.15) is 0 Å². The van der Waals surface area contributed by atoms with Crippen molar-refractivity contribution >= 4 is 0 Å². The Balaban J connectivity index is 1.35. The Morgan fingerprint density at radius 1 is 0.267 bits per heavy atom. The molecule has 22 atom stereocenters. The van der Waals surface area contributed by atoms with Gasteiger partial charge in [-0.3, -0.25) is 0 Å². The number of hydrogen-bond acceptors (Lipinski definition) is 21. The van der Waals surface area contributed by atoms with Crippen molar-refractivity contribution in [1.82, 2.24) is 0 Å². The van der Waals surface area contributed by atoms with Gasteiger partial charge < -0.3 is 99.5 Å². The van der Waals surface area contributed by atoms with Crippen molar-refractivity contribution in [2.45, 2.75) is 149 Å². The number of rotatable bonds is 20. The van der Waals surface area contributed by atoms with Gasteiger partial charge in [0.25, 0.3) is 0 Å². The molecule has 0 amide bonds. The van der Waals surface area contributed by atoms with Crippen LogP contribution in [0.3, 0.4) is 0 Å². The molecule has 0 aliphatic carbocycles. The van der Waals surface area contributed by atoms with E-state index in [0.29, 0.717) is 0 Å². The number of ether oxygens (including phenoxy) is 21. The molecule has 5 heterocycles. The molecule has 5 saturated heterocycles. The highest BCUT2D eigenvalue weighted by atomic mass is 16.8. The van der Waals surface area contributed by atoms with E-state index < -0.39 is 129 Å². The first-order chi connectivity index (χ1) is 29.1. The van der Waals surface area contributed by atoms with E-state index in [-0.39, 0.29) is 25.9 Å². The van der Waals surface area contributed by atoms with Crippen LogP contribution in [0.2, 0.25) is 0 Å². The van der Waals surface area contributed by atoms with E-state index in [9.17, 15) is 0 Å². The quantitative estimate of drug-likeness (QED) is 0.157. The maximum Gasteiger partial charge on any atom is 0.187 e. The zero-order valence-corrected chi connectivity index (χ0v) is 37.4. The largest absolute Gasteiger partial charge is 0.376 e. The standard InChI is InChI=1S/C39H70O21/c1-18-23(43-6)28(45-8)32(49-12)38(55-18)59-27-22(42-5)16-52-35(51-14)34(27)60-39-33(50-13)29(46-9)24(19(2)56-39)57-37-31(48-11)26(21(41-4)17-54-37)58-36-30(47-10)25(44-7)20(40-3)15-53-36/h18-39H,15-17H2,1-14H3/t18-,19-,20+,21+,22+,23-,24-,25-,26-,27-,28+,29+,30+,31+,32+,33+,34+,35-,36-,37-,38-,39-/m0/s1. The van der Waals surface area contributed by atoms with Gasteiger partial charge in [0.2, 0.25) is 0 Å². The SMILES string of the molecule is CO[C@H]1OC[C@@H](OC)[C@H](O[C@@H]2O[C@@H](C)[C@H](OC)[C@@H](OC)[C@H]2OC)[C@H]1O[C@@H]1O[C@@H](C)[C@H](O[C@@H]2OC[C@@H](OC)[C@H](O[C@@H]3OC[C@@H](OC)[C@H](OC)[C@H]3OC)[C@H]2OC)[C@@H](OC)[C@H]1OC. The highest BCUT2D eigenvalue weighted by molar-refractivity contribution is 4.98. The first-order valence-corrected chi connectivity index (χ1v) is 20.2. The van der Waals surface area contributed by atoms with Crippen molar-refractivity contribution in [1.29, 1.82) is 0 Å². The third-order valence-electron chi connectivity index (χ3n) is 12.1. The first kappa shape index (κ1) is 50.2. The summed E-state index contributed by atoms with van der Waals surface area (Å²) in [4.78, 5) is 0. The van der Waals surface area contributed by atoms with Crippen LogP contribution in [-0.4, -0.2) is 240 Å². The Bertz CT molecular complexity index is 1220. The zero-order chi connectivity index (χ0) is 43.7. The summed E-state index contributed by atoms with van der Waals surface area (Å²) in [5.41, 5.74) is 0. The minimum atomic E-state index is -1.05. The minimum absolute atomic E-state index is 0.107. The van der Waals surface area contributed by atoms with E-state index in [4.69, 9.17) is 99.5 Å². The highest BCUT2D eigenvalue weighted by Crippen LogP contribution is 2.37. The fourth-order valence-electron chi connectivity index (χ4n) is 8.86. The van der Waals surface area contributed by atoms with Crippen molar-refractivity contribution in [3.05, 3.63) is 0 Å². The Hall–Kier alpha value is -0.840. The molecule has 0 saturated carbocycles. The Morgan fingerprint density at radius 2 is 0.583 bits per heavy atom. The van der Waals surface area contributed by atoms with Crippen molar-refractivity contribution in [2.75, 3.05) is 105 Å². The summed E-state index contributed by atoms with van der Waals surface area (Å²) in [6, 6.07) is 0. The van der Waals surface area contributed by atoms with Gasteiger partial charge in [-0.25, -0.2) is 0 Å². The molecule has 0 aromatic carbocycles. The van der Waals surface area contributed by atoms with Crippen LogP contribution >= 0.6 is 0 Å². The lowest BCUT2D eigenvalue weighted by atomic mass is 9.97. The Kier molecular flexibility index (Phi) is 20.0. The van der Waals surface area contributed by atoms with Crippen molar-refractivity contribution in [2.24, 2.45) is 0 Å². The molecule has 0 N–H and O–H groups in total. The molecule has 0 aromatic heterocycles. The fourth-order valence-corrected chi connectivity index (χ4v) is 8.86. The van der Waals surface area contributed by atoms with Crippen molar-refractivity contribution in [3.63, 3.8) is 0 Å². The second kappa shape index (κ2) is 23.9. The van der Waals surface area contributed by atoms with Gasteiger partial charge in [0.05, 0.1) is 32.0 Å². The molecule has 5 rings (SSSR count). The van der Waals surface area contributed by atoms with Crippen molar-refractivity contribution < 1.29 is 99.5 Å². The van der Waals surface area contributed by atoms with E-state index in [0.717, 1.165) is 0 Å². The number of methoxy groups -OCH3 is 12. The van der Waals surface area contributed by atoms with E-state index in [1.54, 1.807) is 64.0 Å². The van der Waals surface area contributed by atoms with Crippen LogP contribution in [0.4, 0.5) is 0 Å². The molecule has 21 heteroatoms. The third kappa shape index (κ3) is 10.6. The van der Waals surface area contributed by atoms with Crippen LogP contribution in [0.15, 0.2) is 0 Å². The van der Waals surface area contributed by atoms with Gasteiger partial charge in [-0.15, -0.1) is 0 Å². The van der Waals surface area contributed by atoms with Gasteiger partial charge in [0.15, 0.2) is 31.5 Å². The van der Waals surface area contributed by atoms with Gasteiger partial charge in [-0.1, -0.05) is 0 Å². The molecular weight excluding hydrogens is 804 g/mol. The molecule has 0 aromatic rings.